The van der Waals surface area contributed by atoms with Gasteiger partial charge in [0.15, 0.2) is 0 Å². The van der Waals surface area contributed by atoms with Gasteiger partial charge in [0, 0.05) is 23.0 Å². The van der Waals surface area contributed by atoms with Gasteiger partial charge in [-0.05, 0) is 48.9 Å². The minimum Gasteiger partial charge on any atom is -0.497 e. The summed E-state index contributed by atoms with van der Waals surface area (Å²) in [6, 6.07) is 21.9. The number of nitrogens with zero attached hydrogens (tertiary/aromatic N) is 1. The van der Waals surface area contributed by atoms with Gasteiger partial charge in [-0.2, -0.15) is 0 Å². The molecule has 0 atom stereocenters. The second-order valence-corrected chi connectivity index (χ2v) is 8.24. The van der Waals surface area contributed by atoms with E-state index in [9.17, 15) is 9.59 Å². The first-order valence-electron chi connectivity index (χ1n) is 10.5. The molecule has 2 amide bonds. The molecular weight excluding hydrogens is 438 g/mol. The van der Waals surface area contributed by atoms with Crippen LogP contribution >= 0.6 is 11.6 Å². The molecule has 0 spiro atoms. The lowest BCUT2D eigenvalue weighted by Crippen LogP contribution is -2.35. The number of carbonyl (C=O) groups excluding carboxylic acids is 1. The lowest BCUT2D eigenvalue weighted by Gasteiger charge is -2.24. The highest BCUT2D eigenvalue weighted by atomic mass is 35.5. The van der Waals surface area contributed by atoms with Gasteiger partial charge >= 0.3 is 6.03 Å². The van der Waals surface area contributed by atoms with Crippen LogP contribution in [0.25, 0.3) is 10.9 Å². The zero-order chi connectivity index (χ0) is 23.4. The molecule has 2 N–H and O–H groups in total. The molecule has 0 saturated heterocycles. The quantitative estimate of drug-likeness (QED) is 0.385. The van der Waals surface area contributed by atoms with Crippen LogP contribution in [0.15, 0.2) is 77.6 Å². The summed E-state index contributed by atoms with van der Waals surface area (Å²) < 4.78 is 5.30. The number of rotatable bonds is 6. The third-order valence-electron chi connectivity index (χ3n) is 5.39. The molecule has 0 aliphatic carbocycles. The van der Waals surface area contributed by atoms with E-state index in [-0.39, 0.29) is 18.1 Å². The van der Waals surface area contributed by atoms with Gasteiger partial charge in [-0.15, -0.1) is 0 Å². The van der Waals surface area contributed by atoms with E-state index in [2.05, 4.69) is 10.3 Å². The van der Waals surface area contributed by atoms with E-state index in [1.54, 1.807) is 54.5 Å². The number of aromatic amines is 1. The van der Waals surface area contributed by atoms with Crippen LogP contribution in [-0.4, -0.2) is 23.0 Å². The van der Waals surface area contributed by atoms with Crippen molar-refractivity contribution in [3.63, 3.8) is 0 Å². The number of hydrogen-bond donors (Lipinski definition) is 2. The third-order valence-corrected chi connectivity index (χ3v) is 5.72. The second kappa shape index (κ2) is 9.79. The molecule has 0 aliphatic heterocycles. The highest BCUT2D eigenvalue weighted by Crippen LogP contribution is 2.23. The molecule has 168 valence electrons. The van der Waals surface area contributed by atoms with Gasteiger partial charge in [0.2, 0.25) is 0 Å². The first-order valence-corrected chi connectivity index (χ1v) is 10.9. The molecule has 0 radical (unpaired) electrons. The highest BCUT2D eigenvalue weighted by molar-refractivity contribution is 6.33. The number of amides is 2. The Bertz CT molecular complexity index is 1350. The molecule has 0 saturated carbocycles. The lowest BCUT2D eigenvalue weighted by molar-refractivity contribution is 0.206. The van der Waals surface area contributed by atoms with Crippen molar-refractivity contribution in [2.45, 2.75) is 20.0 Å². The van der Waals surface area contributed by atoms with Gasteiger partial charge in [0.1, 0.15) is 5.75 Å². The standard InChI is InChI=1S/C26H24ClN3O3/c1-17-7-9-18(10-8-17)15-30(26(32)29-24-6-4-3-5-22(24)27)16-20-13-19-14-21(33-2)11-12-23(19)28-25(20)31/h3-14H,15-16H2,1-2H3,(H,28,31)(H,29,32). The van der Waals surface area contributed by atoms with Gasteiger partial charge in [0.25, 0.3) is 5.56 Å². The number of anilines is 1. The van der Waals surface area contributed by atoms with E-state index in [4.69, 9.17) is 16.3 Å². The Hall–Kier alpha value is -3.77. The van der Waals surface area contributed by atoms with Crippen LogP contribution in [0, 0.1) is 6.92 Å². The monoisotopic (exact) mass is 461 g/mol. The molecular formula is C26H24ClN3O3. The van der Waals surface area contributed by atoms with Gasteiger partial charge in [-0.1, -0.05) is 53.6 Å². The summed E-state index contributed by atoms with van der Waals surface area (Å²) in [5.41, 5.74) is 3.52. The van der Waals surface area contributed by atoms with Crippen LogP contribution < -0.4 is 15.6 Å². The van der Waals surface area contributed by atoms with Crippen molar-refractivity contribution < 1.29 is 9.53 Å². The van der Waals surface area contributed by atoms with Crippen LogP contribution in [0.2, 0.25) is 5.02 Å². The van der Waals surface area contributed by atoms with Crippen molar-refractivity contribution in [3.8, 4) is 5.75 Å². The van der Waals surface area contributed by atoms with Crippen molar-refractivity contribution in [3.05, 3.63) is 105 Å². The molecule has 0 unspecified atom stereocenters. The molecule has 1 heterocycles. The molecule has 3 aromatic carbocycles. The fraction of sp³-hybridized carbons (Fsp3) is 0.154. The summed E-state index contributed by atoms with van der Waals surface area (Å²) >= 11 is 6.23. The maximum absolute atomic E-state index is 13.2. The predicted octanol–water partition coefficient (Wildman–Crippen LogP) is 5.73. The van der Waals surface area contributed by atoms with Crippen LogP contribution in [0.1, 0.15) is 16.7 Å². The fourth-order valence-corrected chi connectivity index (χ4v) is 3.73. The number of nitrogens with one attached hydrogen (secondary N) is 2. The summed E-state index contributed by atoms with van der Waals surface area (Å²) in [6.45, 7) is 2.45. The summed E-state index contributed by atoms with van der Waals surface area (Å²) in [6.07, 6.45) is 0. The largest absolute Gasteiger partial charge is 0.497 e. The topological polar surface area (TPSA) is 74.4 Å². The Morgan fingerprint density at radius 1 is 1.03 bits per heavy atom. The van der Waals surface area contributed by atoms with Gasteiger partial charge < -0.3 is 19.9 Å². The molecule has 33 heavy (non-hydrogen) atoms. The Morgan fingerprint density at radius 3 is 2.52 bits per heavy atom. The average molecular weight is 462 g/mol. The minimum atomic E-state index is -0.353. The number of ether oxygens (including phenoxy) is 1. The predicted molar refractivity (Wildman–Crippen MR) is 132 cm³/mol. The zero-order valence-electron chi connectivity index (χ0n) is 18.4. The van der Waals surface area contributed by atoms with Crippen LogP contribution in [0.5, 0.6) is 5.75 Å². The molecule has 0 aliphatic rings. The van der Waals surface area contributed by atoms with E-state index in [1.165, 1.54) is 0 Å². The first-order chi connectivity index (χ1) is 15.9. The molecule has 4 rings (SSSR count). The number of para-hydroxylation sites is 1. The second-order valence-electron chi connectivity index (χ2n) is 7.83. The number of methoxy groups -OCH3 is 1. The zero-order valence-corrected chi connectivity index (χ0v) is 19.1. The third kappa shape index (κ3) is 5.35. The lowest BCUT2D eigenvalue weighted by atomic mass is 10.1. The summed E-state index contributed by atoms with van der Waals surface area (Å²) in [5.74, 6) is 0.688. The summed E-state index contributed by atoms with van der Waals surface area (Å²) in [7, 11) is 1.59. The van der Waals surface area contributed by atoms with Gasteiger partial charge in [0.05, 0.1) is 24.4 Å². The smallest absolute Gasteiger partial charge is 0.322 e. The van der Waals surface area contributed by atoms with Crippen LogP contribution in [0.3, 0.4) is 0 Å². The number of aromatic nitrogens is 1. The number of carbonyl (C=O) groups is 1. The van der Waals surface area contributed by atoms with E-state index in [1.807, 2.05) is 37.3 Å². The van der Waals surface area contributed by atoms with Crippen molar-refractivity contribution in [1.29, 1.82) is 0 Å². The molecule has 0 fully saturated rings. The van der Waals surface area contributed by atoms with Crippen molar-refractivity contribution in [1.82, 2.24) is 9.88 Å². The molecule has 1 aromatic heterocycles. The number of aryl methyl sites for hydroxylation is 1. The van der Waals surface area contributed by atoms with Crippen molar-refractivity contribution >= 4 is 34.2 Å². The number of H-pyrrole nitrogens is 1. The maximum Gasteiger partial charge on any atom is 0.322 e. The summed E-state index contributed by atoms with van der Waals surface area (Å²) in [4.78, 5) is 30.5. The number of benzene rings is 3. The Labute approximate surface area is 196 Å². The number of hydrogen-bond acceptors (Lipinski definition) is 3. The molecule has 7 heteroatoms. The summed E-state index contributed by atoms with van der Waals surface area (Å²) in [5, 5.41) is 4.13. The number of halogens is 1. The van der Waals surface area contributed by atoms with E-state index >= 15 is 0 Å². The van der Waals surface area contributed by atoms with Crippen LogP contribution in [-0.2, 0) is 13.1 Å². The molecule has 4 aromatic rings. The maximum atomic E-state index is 13.2. The average Bonchev–Trinajstić information content (AvgIpc) is 2.81. The Balaban J connectivity index is 1.67. The highest BCUT2D eigenvalue weighted by Gasteiger charge is 2.18. The van der Waals surface area contributed by atoms with Gasteiger partial charge in [-0.25, -0.2) is 4.79 Å². The first kappa shape index (κ1) is 22.4. The number of urea groups is 1. The van der Waals surface area contributed by atoms with E-state index < -0.39 is 0 Å². The fourth-order valence-electron chi connectivity index (χ4n) is 3.55. The Kier molecular flexibility index (Phi) is 6.66. The molecule has 0 bridgehead atoms. The van der Waals surface area contributed by atoms with E-state index in [0.717, 1.165) is 16.5 Å². The Morgan fingerprint density at radius 2 is 1.79 bits per heavy atom. The minimum absolute atomic E-state index is 0.118. The SMILES string of the molecule is COc1ccc2[nH]c(=O)c(CN(Cc3ccc(C)cc3)C(=O)Nc3ccccc3Cl)cc2c1. The van der Waals surface area contributed by atoms with E-state index in [0.29, 0.717) is 34.1 Å². The van der Waals surface area contributed by atoms with Crippen molar-refractivity contribution in [2.75, 3.05) is 12.4 Å². The van der Waals surface area contributed by atoms with Crippen LogP contribution in [0.4, 0.5) is 10.5 Å². The molecule has 6 nitrogen and oxygen atoms in total. The normalized spacial score (nSPS) is 10.8. The van der Waals surface area contributed by atoms with Gasteiger partial charge in [-0.3, -0.25) is 4.79 Å². The number of pyridine rings is 1. The van der Waals surface area contributed by atoms with Crippen molar-refractivity contribution in [2.24, 2.45) is 0 Å². The number of fused-ring (bicyclic) bond motifs is 1.